The highest BCUT2D eigenvalue weighted by molar-refractivity contribution is 5.96. The SMILES string of the molecule is CC(C=N)NC(=O)c1ccc(-c2noc(C(F)(F)F)n2)cc1.OCCF. The molecule has 142 valence electrons. The van der Waals surface area contributed by atoms with E-state index in [0.717, 1.165) is 6.21 Å². The summed E-state index contributed by atoms with van der Waals surface area (Å²) in [6, 6.07) is 5.25. The first-order valence-electron chi connectivity index (χ1n) is 7.22. The van der Waals surface area contributed by atoms with Crippen molar-refractivity contribution < 1.29 is 32.0 Å². The van der Waals surface area contributed by atoms with Crippen LogP contribution in [0.3, 0.4) is 0 Å². The summed E-state index contributed by atoms with van der Waals surface area (Å²) in [6.45, 7) is 0.664. The molecule has 1 atom stereocenters. The number of amides is 1. The molecule has 0 aliphatic heterocycles. The van der Waals surface area contributed by atoms with Crippen molar-refractivity contribution >= 4 is 12.1 Å². The maximum absolute atomic E-state index is 12.4. The van der Waals surface area contributed by atoms with Gasteiger partial charge < -0.3 is 20.4 Å². The van der Waals surface area contributed by atoms with E-state index in [1.54, 1.807) is 6.92 Å². The smallest absolute Gasteiger partial charge is 0.394 e. The highest BCUT2D eigenvalue weighted by Crippen LogP contribution is 2.29. The molecule has 0 saturated heterocycles. The van der Waals surface area contributed by atoms with E-state index in [9.17, 15) is 22.4 Å². The average Bonchev–Trinajstić information content (AvgIpc) is 3.12. The lowest BCUT2D eigenvalue weighted by atomic mass is 10.1. The number of aliphatic hydroxyl groups is 1. The number of aliphatic hydroxyl groups excluding tert-OH is 1. The van der Waals surface area contributed by atoms with Gasteiger partial charge in [-0.3, -0.25) is 4.79 Å². The number of carbonyl (C=O) groups is 1. The molecule has 0 aliphatic carbocycles. The van der Waals surface area contributed by atoms with Crippen molar-refractivity contribution in [1.82, 2.24) is 15.5 Å². The van der Waals surface area contributed by atoms with Crippen LogP contribution < -0.4 is 5.32 Å². The molecule has 0 aliphatic rings. The molecule has 0 spiro atoms. The molecule has 0 saturated carbocycles. The molecule has 7 nitrogen and oxygen atoms in total. The lowest BCUT2D eigenvalue weighted by Gasteiger charge is -2.08. The third kappa shape index (κ3) is 6.24. The quantitative estimate of drug-likeness (QED) is 0.548. The van der Waals surface area contributed by atoms with Gasteiger partial charge in [-0.05, 0) is 19.1 Å². The minimum Gasteiger partial charge on any atom is -0.394 e. The number of halogens is 4. The fraction of sp³-hybridized carbons (Fsp3) is 0.333. The van der Waals surface area contributed by atoms with Crippen molar-refractivity contribution in [3.63, 3.8) is 0 Å². The molecule has 1 heterocycles. The summed E-state index contributed by atoms with van der Waals surface area (Å²) >= 11 is 0. The molecule has 1 aromatic carbocycles. The summed E-state index contributed by atoms with van der Waals surface area (Å²) in [4.78, 5) is 15.0. The van der Waals surface area contributed by atoms with Gasteiger partial charge in [-0.1, -0.05) is 17.3 Å². The van der Waals surface area contributed by atoms with Crippen molar-refractivity contribution in [3.05, 3.63) is 35.7 Å². The van der Waals surface area contributed by atoms with Crippen molar-refractivity contribution in [2.24, 2.45) is 0 Å². The molecule has 26 heavy (non-hydrogen) atoms. The predicted octanol–water partition coefficient (Wildman–Crippen LogP) is 2.47. The largest absolute Gasteiger partial charge is 0.471 e. The lowest BCUT2D eigenvalue weighted by Crippen LogP contribution is -2.33. The van der Waals surface area contributed by atoms with Crippen LogP contribution in [0.1, 0.15) is 23.2 Å². The van der Waals surface area contributed by atoms with Gasteiger partial charge in [-0.2, -0.15) is 18.2 Å². The van der Waals surface area contributed by atoms with Crippen molar-refractivity contribution in [2.75, 3.05) is 13.3 Å². The molecule has 0 bridgehead atoms. The first kappa shape index (κ1) is 21.2. The maximum atomic E-state index is 12.4. The zero-order valence-corrected chi connectivity index (χ0v) is 13.5. The van der Waals surface area contributed by atoms with E-state index in [0.29, 0.717) is 5.56 Å². The fourth-order valence-corrected chi connectivity index (χ4v) is 1.56. The number of nitrogens with zero attached hydrogens (tertiary/aromatic N) is 2. The first-order chi connectivity index (χ1) is 12.2. The van der Waals surface area contributed by atoms with Gasteiger partial charge >= 0.3 is 12.1 Å². The Labute approximate surface area is 145 Å². The summed E-state index contributed by atoms with van der Waals surface area (Å²) in [5, 5.41) is 20.3. The molecular weight excluding hydrogens is 360 g/mol. The minimum atomic E-state index is -4.70. The Morgan fingerprint density at radius 3 is 2.38 bits per heavy atom. The Balaban J connectivity index is 0.000000765. The van der Waals surface area contributed by atoms with E-state index in [1.165, 1.54) is 24.3 Å². The summed E-state index contributed by atoms with van der Waals surface area (Å²) in [5.41, 5.74) is 0.591. The highest BCUT2D eigenvalue weighted by Gasteiger charge is 2.38. The van der Waals surface area contributed by atoms with Crippen LogP contribution in [0.2, 0.25) is 0 Å². The highest BCUT2D eigenvalue weighted by atomic mass is 19.4. The number of alkyl halides is 4. The first-order valence-corrected chi connectivity index (χ1v) is 7.22. The van der Waals surface area contributed by atoms with Gasteiger partial charge in [0.2, 0.25) is 5.82 Å². The summed E-state index contributed by atoms with van der Waals surface area (Å²) in [6.07, 6.45) is -3.63. The fourth-order valence-electron chi connectivity index (χ4n) is 1.56. The Morgan fingerprint density at radius 1 is 1.38 bits per heavy atom. The molecule has 0 fully saturated rings. The third-order valence-electron chi connectivity index (χ3n) is 2.77. The van der Waals surface area contributed by atoms with E-state index in [1.807, 2.05) is 0 Å². The van der Waals surface area contributed by atoms with Crippen LogP contribution in [-0.4, -0.2) is 46.7 Å². The predicted molar refractivity (Wildman–Crippen MR) is 83.5 cm³/mol. The molecule has 3 N–H and O–H groups in total. The van der Waals surface area contributed by atoms with Gasteiger partial charge in [0, 0.05) is 17.3 Å². The monoisotopic (exact) mass is 376 g/mol. The Morgan fingerprint density at radius 2 is 1.96 bits per heavy atom. The normalized spacial score (nSPS) is 11.9. The molecular formula is C15H16F4N4O3. The van der Waals surface area contributed by atoms with Gasteiger partial charge in [-0.25, -0.2) is 4.39 Å². The topological polar surface area (TPSA) is 112 Å². The van der Waals surface area contributed by atoms with Crippen LogP contribution in [0.4, 0.5) is 17.6 Å². The lowest BCUT2D eigenvalue weighted by molar-refractivity contribution is -0.159. The van der Waals surface area contributed by atoms with E-state index in [2.05, 4.69) is 20.0 Å². The number of aromatic nitrogens is 2. The maximum Gasteiger partial charge on any atom is 0.471 e. The third-order valence-corrected chi connectivity index (χ3v) is 2.77. The van der Waals surface area contributed by atoms with E-state index >= 15 is 0 Å². The standard InChI is InChI=1S/C13H11F3N4O2.C2H5FO/c1-7(6-17)18-11(21)9-4-2-8(3-5-9)10-19-12(22-20-10)13(14,15)16;3-1-2-4/h2-7,17H,1H3,(H,18,21);4H,1-2H2. The second-order valence-corrected chi connectivity index (χ2v) is 4.84. The number of rotatable bonds is 5. The average molecular weight is 376 g/mol. The number of carbonyl (C=O) groups excluding carboxylic acids is 1. The molecule has 2 rings (SSSR count). The van der Waals surface area contributed by atoms with Crippen molar-refractivity contribution in [1.29, 1.82) is 5.41 Å². The second-order valence-electron chi connectivity index (χ2n) is 4.84. The summed E-state index contributed by atoms with van der Waals surface area (Å²) < 4.78 is 51.7. The molecule has 1 amide bonds. The van der Waals surface area contributed by atoms with Crippen LogP contribution >= 0.6 is 0 Å². The van der Waals surface area contributed by atoms with Crippen LogP contribution in [0.5, 0.6) is 0 Å². The number of hydrogen-bond acceptors (Lipinski definition) is 6. The summed E-state index contributed by atoms with van der Waals surface area (Å²) in [7, 11) is 0. The Kier molecular flexibility index (Phi) is 7.84. The van der Waals surface area contributed by atoms with Gasteiger partial charge in [0.25, 0.3) is 5.91 Å². The molecule has 11 heteroatoms. The molecule has 0 radical (unpaired) electrons. The van der Waals surface area contributed by atoms with E-state index in [-0.39, 0.29) is 18.0 Å². The number of hydrogen-bond donors (Lipinski definition) is 3. The van der Waals surface area contributed by atoms with Gasteiger partial charge in [0.05, 0.1) is 12.6 Å². The zero-order valence-electron chi connectivity index (χ0n) is 13.5. The van der Waals surface area contributed by atoms with Crippen molar-refractivity contribution in [2.45, 2.75) is 19.1 Å². The Bertz CT molecular complexity index is 714. The number of benzene rings is 1. The zero-order chi connectivity index (χ0) is 19.7. The number of nitrogens with one attached hydrogen (secondary N) is 2. The van der Waals surface area contributed by atoms with Gasteiger partial charge in [0.1, 0.15) is 6.67 Å². The van der Waals surface area contributed by atoms with Crippen LogP contribution in [-0.2, 0) is 6.18 Å². The molecule has 2 aromatic rings. The summed E-state index contributed by atoms with van der Waals surface area (Å²) in [5.74, 6) is -2.04. The Hall–Kier alpha value is -2.82. The van der Waals surface area contributed by atoms with E-state index in [4.69, 9.17) is 10.5 Å². The van der Waals surface area contributed by atoms with Gasteiger partial charge in [0.15, 0.2) is 0 Å². The van der Waals surface area contributed by atoms with E-state index < -0.39 is 30.7 Å². The van der Waals surface area contributed by atoms with Gasteiger partial charge in [-0.15, -0.1) is 0 Å². The van der Waals surface area contributed by atoms with Crippen LogP contribution in [0.15, 0.2) is 28.8 Å². The minimum absolute atomic E-state index is 0.216. The molecule has 1 aromatic heterocycles. The van der Waals surface area contributed by atoms with Crippen LogP contribution in [0, 0.1) is 5.41 Å². The van der Waals surface area contributed by atoms with Crippen LogP contribution in [0.25, 0.3) is 11.4 Å². The second kappa shape index (κ2) is 9.61. The molecule has 1 unspecified atom stereocenters. The van der Waals surface area contributed by atoms with Crippen molar-refractivity contribution in [3.8, 4) is 11.4 Å².